The fourth-order valence-electron chi connectivity index (χ4n) is 4.55. The average Bonchev–Trinajstić information content (AvgIpc) is 3.02. The molecule has 150 valence electrons. The van der Waals surface area contributed by atoms with Gasteiger partial charge in [-0.2, -0.15) is 0 Å². The van der Waals surface area contributed by atoms with E-state index < -0.39 is 23.0 Å². The zero-order chi connectivity index (χ0) is 20.8. The molecule has 1 aliphatic heterocycles. The topological polar surface area (TPSA) is 89.9 Å². The molecule has 1 heterocycles. The van der Waals surface area contributed by atoms with E-state index in [1.54, 1.807) is 36.1 Å². The molecule has 2 aromatic rings. The molecule has 29 heavy (non-hydrogen) atoms. The lowest BCUT2D eigenvalue weighted by Gasteiger charge is -2.40. The minimum Gasteiger partial charge on any atom is -0.372 e. The number of hydrogen-bond acceptors (Lipinski definition) is 5. The number of allylic oxidation sites excluding steroid dienone is 1. The fourth-order valence-corrected chi connectivity index (χ4v) is 4.55. The highest BCUT2D eigenvalue weighted by Gasteiger charge is 2.72. The van der Waals surface area contributed by atoms with Crippen molar-refractivity contribution in [1.29, 1.82) is 0 Å². The van der Waals surface area contributed by atoms with Gasteiger partial charge in [0.05, 0.1) is 5.57 Å². The van der Waals surface area contributed by atoms with E-state index in [4.69, 9.17) is 0 Å². The van der Waals surface area contributed by atoms with Crippen LogP contribution in [0.25, 0.3) is 0 Å². The van der Waals surface area contributed by atoms with Crippen LogP contribution in [0.15, 0.2) is 65.9 Å². The summed E-state index contributed by atoms with van der Waals surface area (Å²) in [6.45, 7) is 4.24. The van der Waals surface area contributed by atoms with Gasteiger partial charge in [0.25, 0.3) is 5.91 Å². The van der Waals surface area contributed by atoms with Gasteiger partial charge in [0.15, 0.2) is 0 Å². The minimum atomic E-state index is -2.35. The summed E-state index contributed by atoms with van der Waals surface area (Å²) in [5.74, 6) is -1.22. The number of ketones is 1. The number of rotatable bonds is 5. The summed E-state index contributed by atoms with van der Waals surface area (Å²) in [5, 5.41) is 26.1. The van der Waals surface area contributed by atoms with Crippen LogP contribution < -0.4 is 5.32 Å². The summed E-state index contributed by atoms with van der Waals surface area (Å²) < 4.78 is 0. The summed E-state index contributed by atoms with van der Waals surface area (Å²) in [4.78, 5) is 28.0. The van der Waals surface area contributed by atoms with Crippen molar-refractivity contribution in [1.82, 2.24) is 10.2 Å². The Kier molecular flexibility index (Phi) is 4.56. The van der Waals surface area contributed by atoms with Crippen LogP contribution in [0, 0.1) is 0 Å². The molecule has 0 saturated heterocycles. The zero-order valence-corrected chi connectivity index (χ0v) is 16.5. The van der Waals surface area contributed by atoms with E-state index in [-0.39, 0.29) is 17.7 Å². The molecule has 2 atom stereocenters. The van der Waals surface area contributed by atoms with E-state index in [1.807, 2.05) is 37.3 Å². The molecule has 1 aliphatic carbocycles. The van der Waals surface area contributed by atoms with Gasteiger partial charge in [0.2, 0.25) is 17.1 Å². The van der Waals surface area contributed by atoms with Crippen molar-refractivity contribution < 1.29 is 19.8 Å². The van der Waals surface area contributed by atoms with Crippen LogP contribution in [0.5, 0.6) is 0 Å². The minimum absolute atomic E-state index is 0.0921. The van der Waals surface area contributed by atoms with Crippen LogP contribution in [-0.2, 0) is 17.1 Å². The van der Waals surface area contributed by atoms with Gasteiger partial charge in [0.1, 0.15) is 0 Å². The van der Waals surface area contributed by atoms with Crippen LogP contribution in [0.2, 0.25) is 0 Å². The number of Topliss-reactive ketones (excluding diaryl/α,β-unsaturated/α-hetero) is 1. The van der Waals surface area contributed by atoms with Crippen molar-refractivity contribution in [3.63, 3.8) is 0 Å². The molecule has 0 saturated carbocycles. The Morgan fingerprint density at radius 2 is 1.72 bits per heavy atom. The Bertz CT molecular complexity index is 1020. The number of carbonyl (C=O) groups excluding carboxylic acids is 2. The summed E-state index contributed by atoms with van der Waals surface area (Å²) in [7, 11) is 0. The summed E-state index contributed by atoms with van der Waals surface area (Å²) >= 11 is 0. The largest absolute Gasteiger partial charge is 0.372 e. The number of carbonyl (C=O) groups is 2. The number of benzene rings is 2. The molecule has 0 aromatic heterocycles. The molecule has 0 fully saturated rings. The molecule has 2 unspecified atom stereocenters. The van der Waals surface area contributed by atoms with Crippen molar-refractivity contribution in [3.8, 4) is 0 Å². The van der Waals surface area contributed by atoms with Crippen molar-refractivity contribution in [3.05, 3.63) is 82.6 Å². The van der Waals surface area contributed by atoms with Gasteiger partial charge < -0.3 is 20.4 Å². The fraction of sp³-hybridized carbons (Fsp3) is 0.304. The Morgan fingerprint density at radius 1 is 1.07 bits per heavy atom. The predicted octanol–water partition coefficient (Wildman–Crippen LogP) is 2.08. The van der Waals surface area contributed by atoms with Gasteiger partial charge in [-0.15, -0.1) is 0 Å². The first kappa shape index (κ1) is 19.4. The molecule has 6 heteroatoms. The maximum absolute atomic E-state index is 13.2. The quantitative estimate of drug-likeness (QED) is 0.725. The first-order valence-corrected chi connectivity index (χ1v) is 9.77. The maximum Gasteiger partial charge on any atom is 0.252 e. The lowest BCUT2D eigenvalue weighted by atomic mass is 9.84. The summed E-state index contributed by atoms with van der Waals surface area (Å²) in [5.41, 5.74) is -2.58. The standard InChI is InChI=1S/C23H24N2O4/c1-3-13-25-15(2)19(21(27)24-14-16-9-5-4-6-10-16)22(28)20(26)17-11-7-8-12-18(17)23(22,25)29/h4-12,28-29H,3,13-14H2,1-2H3,(H,24,27). The Balaban J connectivity index is 1.78. The van der Waals surface area contributed by atoms with Crippen LogP contribution >= 0.6 is 0 Å². The smallest absolute Gasteiger partial charge is 0.252 e. The van der Waals surface area contributed by atoms with Gasteiger partial charge >= 0.3 is 0 Å². The van der Waals surface area contributed by atoms with Crippen molar-refractivity contribution >= 4 is 11.7 Å². The molecule has 0 spiro atoms. The van der Waals surface area contributed by atoms with Crippen molar-refractivity contribution in [2.45, 2.75) is 38.1 Å². The Morgan fingerprint density at radius 3 is 2.41 bits per heavy atom. The molecule has 0 radical (unpaired) electrons. The second kappa shape index (κ2) is 6.83. The highest BCUT2D eigenvalue weighted by molar-refractivity contribution is 6.17. The second-order valence-corrected chi connectivity index (χ2v) is 7.54. The van der Waals surface area contributed by atoms with E-state index in [9.17, 15) is 19.8 Å². The lowest BCUT2D eigenvalue weighted by molar-refractivity contribution is -0.172. The van der Waals surface area contributed by atoms with E-state index >= 15 is 0 Å². The molecule has 2 aliphatic rings. The first-order valence-electron chi connectivity index (χ1n) is 9.77. The summed E-state index contributed by atoms with van der Waals surface area (Å²) in [6.07, 6.45) is 0.672. The first-order chi connectivity index (χ1) is 13.9. The van der Waals surface area contributed by atoms with Crippen LogP contribution in [0.1, 0.15) is 41.8 Å². The molecule has 4 rings (SSSR count). The zero-order valence-electron chi connectivity index (χ0n) is 16.5. The predicted molar refractivity (Wildman–Crippen MR) is 108 cm³/mol. The number of nitrogens with zero attached hydrogens (tertiary/aromatic N) is 1. The molecule has 3 N–H and O–H groups in total. The summed E-state index contributed by atoms with van der Waals surface area (Å²) in [6, 6.07) is 16.0. The lowest BCUT2D eigenvalue weighted by Crippen LogP contribution is -2.58. The highest BCUT2D eigenvalue weighted by Crippen LogP contribution is 2.56. The SMILES string of the molecule is CCCN1C(C)=C(C(=O)NCc2ccccc2)C2(O)C(=O)c3ccccc3C12O. The Hall–Kier alpha value is -2.96. The van der Waals surface area contributed by atoms with Crippen molar-refractivity contribution in [2.24, 2.45) is 0 Å². The van der Waals surface area contributed by atoms with Crippen LogP contribution in [0.4, 0.5) is 0 Å². The Labute approximate surface area is 169 Å². The molecular weight excluding hydrogens is 368 g/mol. The molecule has 2 aromatic carbocycles. The average molecular weight is 392 g/mol. The van der Waals surface area contributed by atoms with Gasteiger partial charge in [-0.1, -0.05) is 61.5 Å². The second-order valence-electron chi connectivity index (χ2n) is 7.54. The third-order valence-corrected chi connectivity index (χ3v) is 5.87. The normalized spacial score (nSPS) is 25.2. The number of aliphatic hydroxyl groups is 2. The van der Waals surface area contributed by atoms with E-state index in [0.717, 1.165) is 5.56 Å². The van der Waals surface area contributed by atoms with E-state index in [2.05, 4.69) is 5.32 Å². The van der Waals surface area contributed by atoms with E-state index in [0.29, 0.717) is 24.2 Å². The van der Waals surface area contributed by atoms with Crippen LogP contribution in [-0.4, -0.2) is 38.9 Å². The number of fused-ring (bicyclic) bond motifs is 3. The van der Waals surface area contributed by atoms with Gasteiger partial charge in [-0.25, -0.2) is 0 Å². The third-order valence-electron chi connectivity index (χ3n) is 5.87. The van der Waals surface area contributed by atoms with Gasteiger partial charge in [-0.05, 0) is 18.9 Å². The van der Waals surface area contributed by atoms with Crippen molar-refractivity contribution in [2.75, 3.05) is 6.54 Å². The van der Waals surface area contributed by atoms with E-state index in [1.165, 1.54) is 0 Å². The third kappa shape index (κ3) is 2.49. The molecule has 6 nitrogen and oxygen atoms in total. The van der Waals surface area contributed by atoms with Gasteiger partial charge in [-0.3, -0.25) is 9.59 Å². The number of amides is 1. The molecule has 0 bridgehead atoms. The maximum atomic E-state index is 13.2. The number of nitrogens with one attached hydrogen (secondary N) is 1. The highest BCUT2D eigenvalue weighted by atomic mass is 16.4. The number of hydrogen-bond donors (Lipinski definition) is 3. The monoisotopic (exact) mass is 392 g/mol. The molecular formula is C23H24N2O4. The molecule has 1 amide bonds. The van der Waals surface area contributed by atoms with Crippen LogP contribution in [0.3, 0.4) is 0 Å². The van der Waals surface area contributed by atoms with Gasteiger partial charge in [0, 0.05) is 29.9 Å².